The van der Waals surface area contributed by atoms with E-state index in [1.165, 1.54) is 0 Å². The first kappa shape index (κ1) is 10.2. The monoisotopic (exact) mass is 232 g/mol. The van der Waals surface area contributed by atoms with Crippen LogP contribution in [-0.2, 0) is 9.47 Å². The summed E-state index contributed by atoms with van der Waals surface area (Å²) in [7, 11) is 1.65. The van der Waals surface area contributed by atoms with Gasteiger partial charge in [0, 0.05) is 22.7 Å². The third-order valence-electron chi connectivity index (χ3n) is 2.18. The molecule has 0 aliphatic carbocycles. The minimum atomic E-state index is 0.0692. The molecule has 4 heteroatoms. The molecule has 1 aromatic rings. The zero-order valence-corrected chi connectivity index (χ0v) is 9.18. The van der Waals surface area contributed by atoms with Gasteiger partial charge in [-0.05, 0) is 12.1 Å². The Hall–Kier alpha value is -0.280. The highest BCUT2D eigenvalue weighted by Crippen LogP contribution is 2.42. The molecule has 0 N–H and O–H groups in total. The van der Waals surface area contributed by atoms with Gasteiger partial charge in [0.15, 0.2) is 0 Å². The maximum atomic E-state index is 6.02. The number of rotatable bonds is 3. The van der Waals surface area contributed by atoms with Crippen molar-refractivity contribution < 1.29 is 9.47 Å². The van der Waals surface area contributed by atoms with Gasteiger partial charge in [0.25, 0.3) is 0 Å². The average Bonchev–Trinajstić information content (AvgIpc) is 2.84. The topological polar surface area (TPSA) is 21.8 Å². The van der Waals surface area contributed by atoms with Crippen molar-refractivity contribution in [1.29, 1.82) is 0 Å². The molecular weight excluding hydrogens is 223 g/mol. The van der Waals surface area contributed by atoms with E-state index in [1.807, 2.05) is 12.1 Å². The fourth-order valence-electron chi connectivity index (χ4n) is 1.44. The molecule has 14 heavy (non-hydrogen) atoms. The van der Waals surface area contributed by atoms with E-state index >= 15 is 0 Å². The van der Waals surface area contributed by atoms with Gasteiger partial charge < -0.3 is 9.47 Å². The maximum absolute atomic E-state index is 6.02. The van der Waals surface area contributed by atoms with Crippen LogP contribution in [0.5, 0.6) is 0 Å². The molecule has 76 valence electrons. The van der Waals surface area contributed by atoms with Gasteiger partial charge in [-0.3, -0.25) is 0 Å². The molecule has 0 spiro atoms. The Labute approximate surface area is 92.7 Å². The van der Waals surface area contributed by atoms with Crippen LogP contribution in [0.15, 0.2) is 18.2 Å². The molecule has 1 heterocycles. The number of hydrogen-bond donors (Lipinski definition) is 0. The predicted octanol–water partition coefficient (Wildman–Crippen LogP) is 3.08. The van der Waals surface area contributed by atoms with Crippen molar-refractivity contribution in [2.75, 3.05) is 13.7 Å². The molecule has 2 atom stereocenters. The van der Waals surface area contributed by atoms with E-state index < -0.39 is 0 Å². The van der Waals surface area contributed by atoms with E-state index in [1.54, 1.807) is 13.2 Å². The molecule has 1 aliphatic rings. The first-order valence-electron chi connectivity index (χ1n) is 4.31. The van der Waals surface area contributed by atoms with Crippen molar-refractivity contribution >= 4 is 23.2 Å². The van der Waals surface area contributed by atoms with Gasteiger partial charge >= 0.3 is 0 Å². The second kappa shape index (κ2) is 4.07. The highest BCUT2D eigenvalue weighted by atomic mass is 35.5. The number of methoxy groups -OCH3 is 1. The number of halogens is 2. The van der Waals surface area contributed by atoms with E-state index in [9.17, 15) is 0 Å². The van der Waals surface area contributed by atoms with E-state index in [-0.39, 0.29) is 12.2 Å². The quantitative estimate of drug-likeness (QED) is 0.748. The van der Waals surface area contributed by atoms with Gasteiger partial charge in [-0.25, -0.2) is 0 Å². The van der Waals surface area contributed by atoms with Gasteiger partial charge in [0.05, 0.1) is 6.61 Å². The lowest BCUT2D eigenvalue weighted by atomic mass is 10.1. The summed E-state index contributed by atoms with van der Waals surface area (Å²) in [5.41, 5.74) is 0.984. The van der Waals surface area contributed by atoms with Gasteiger partial charge in [-0.1, -0.05) is 29.3 Å². The first-order chi connectivity index (χ1) is 6.72. The summed E-state index contributed by atoms with van der Waals surface area (Å²) < 4.78 is 10.4. The summed E-state index contributed by atoms with van der Waals surface area (Å²) in [5.74, 6) is 0. The summed E-state index contributed by atoms with van der Waals surface area (Å²) in [6.45, 7) is 0.601. The number of ether oxygens (including phenoxy) is 2. The van der Waals surface area contributed by atoms with Crippen LogP contribution >= 0.6 is 23.2 Å². The van der Waals surface area contributed by atoms with Gasteiger partial charge in [0.2, 0.25) is 0 Å². The van der Waals surface area contributed by atoms with Crippen molar-refractivity contribution in [2.24, 2.45) is 0 Å². The van der Waals surface area contributed by atoms with Crippen molar-refractivity contribution in [3.8, 4) is 0 Å². The Morgan fingerprint density at radius 1 is 1.43 bits per heavy atom. The van der Waals surface area contributed by atoms with Crippen molar-refractivity contribution in [1.82, 2.24) is 0 Å². The number of hydrogen-bond acceptors (Lipinski definition) is 2. The largest absolute Gasteiger partial charge is 0.382 e. The van der Waals surface area contributed by atoms with Crippen LogP contribution in [-0.4, -0.2) is 19.8 Å². The summed E-state index contributed by atoms with van der Waals surface area (Å²) in [6.07, 6.45) is 0.207. The molecule has 2 nitrogen and oxygen atoms in total. The summed E-state index contributed by atoms with van der Waals surface area (Å²) in [5, 5.41) is 1.30. The Kier molecular flexibility index (Phi) is 2.98. The standard InChI is InChI=1S/C10H10Cl2O2/c1-13-5-9-10(14-9)7-3-2-6(11)4-8(7)12/h2-4,9-10H,5H2,1H3. The minimum absolute atomic E-state index is 0.0692. The lowest BCUT2D eigenvalue weighted by molar-refractivity contribution is 0.171. The number of epoxide rings is 1. The molecule has 2 unspecified atom stereocenters. The predicted molar refractivity (Wildman–Crippen MR) is 56.0 cm³/mol. The van der Waals surface area contributed by atoms with Crippen molar-refractivity contribution in [2.45, 2.75) is 12.2 Å². The van der Waals surface area contributed by atoms with Crippen LogP contribution in [0.3, 0.4) is 0 Å². The third-order valence-corrected chi connectivity index (χ3v) is 2.74. The summed E-state index contributed by atoms with van der Waals surface area (Å²) in [4.78, 5) is 0. The lowest BCUT2D eigenvalue weighted by Crippen LogP contribution is -1.98. The molecular formula is C10H10Cl2O2. The molecule has 1 saturated heterocycles. The van der Waals surface area contributed by atoms with Crippen LogP contribution in [0.1, 0.15) is 11.7 Å². The Morgan fingerprint density at radius 3 is 2.86 bits per heavy atom. The zero-order valence-electron chi connectivity index (χ0n) is 7.67. The second-order valence-electron chi connectivity index (χ2n) is 3.22. The van der Waals surface area contributed by atoms with E-state index in [2.05, 4.69) is 0 Å². The summed E-state index contributed by atoms with van der Waals surface area (Å²) >= 11 is 11.8. The van der Waals surface area contributed by atoms with Crippen molar-refractivity contribution in [3.63, 3.8) is 0 Å². The fraction of sp³-hybridized carbons (Fsp3) is 0.400. The molecule has 0 aromatic heterocycles. The second-order valence-corrected chi connectivity index (χ2v) is 4.06. The SMILES string of the molecule is COCC1OC1c1ccc(Cl)cc1Cl. The Bertz CT molecular complexity index is 341. The lowest BCUT2D eigenvalue weighted by Gasteiger charge is -2.00. The highest BCUT2D eigenvalue weighted by Gasteiger charge is 2.41. The molecule has 2 rings (SSSR count). The van der Waals surface area contributed by atoms with Crippen LogP contribution < -0.4 is 0 Å². The Balaban J connectivity index is 2.11. The van der Waals surface area contributed by atoms with Crippen LogP contribution in [0.25, 0.3) is 0 Å². The summed E-state index contributed by atoms with van der Waals surface area (Å²) in [6, 6.07) is 5.43. The van der Waals surface area contributed by atoms with Crippen molar-refractivity contribution in [3.05, 3.63) is 33.8 Å². The van der Waals surface area contributed by atoms with E-state index in [4.69, 9.17) is 32.7 Å². The highest BCUT2D eigenvalue weighted by molar-refractivity contribution is 6.35. The molecule has 1 fully saturated rings. The fourth-order valence-corrected chi connectivity index (χ4v) is 1.96. The molecule has 1 aliphatic heterocycles. The zero-order chi connectivity index (χ0) is 10.1. The van der Waals surface area contributed by atoms with Gasteiger partial charge in [0.1, 0.15) is 12.2 Å². The molecule has 0 radical (unpaired) electrons. The van der Waals surface area contributed by atoms with Crippen LogP contribution in [0.4, 0.5) is 0 Å². The maximum Gasteiger partial charge on any atom is 0.113 e. The van der Waals surface area contributed by atoms with Crippen LogP contribution in [0, 0.1) is 0 Å². The van der Waals surface area contributed by atoms with Gasteiger partial charge in [-0.15, -0.1) is 0 Å². The number of benzene rings is 1. The first-order valence-corrected chi connectivity index (χ1v) is 5.07. The van der Waals surface area contributed by atoms with E-state index in [0.717, 1.165) is 5.56 Å². The molecule has 0 amide bonds. The normalized spacial score (nSPS) is 25.1. The van der Waals surface area contributed by atoms with E-state index in [0.29, 0.717) is 16.7 Å². The smallest absolute Gasteiger partial charge is 0.113 e. The third kappa shape index (κ3) is 2.04. The molecule has 0 bridgehead atoms. The molecule has 0 saturated carbocycles. The average molecular weight is 233 g/mol. The minimum Gasteiger partial charge on any atom is -0.382 e. The molecule has 1 aromatic carbocycles. The van der Waals surface area contributed by atoms with Crippen LogP contribution in [0.2, 0.25) is 10.0 Å². The Morgan fingerprint density at radius 2 is 2.21 bits per heavy atom. The van der Waals surface area contributed by atoms with Gasteiger partial charge in [-0.2, -0.15) is 0 Å².